The summed E-state index contributed by atoms with van der Waals surface area (Å²) in [5.41, 5.74) is 0.450. The lowest BCUT2D eigenvalue weighted by Crippen LogP contribution is -2.40. The average Bonchev–Trinajstić information content (AvgIpc) is 2.06. The van der Waals surface area contributed by atoms with Crippen LogP contribution < -0.4 is 0 Å². The summed E-state index contributed by atoms with van der Waals surface area (Å²) in [6.07, 6.45) is 5.47. The van der Waals surface area contributed by atoms with Gasteiger partial charge in [0.25, 0.3) is 0 Å². The zero-order valence-electron chi connectivity index (χ0n) is 12.5. The van der Waals surface area contributed by atoms with Gasteiger partial charge in [-0.15, -0.1) is 0 Å². The first-order chi connectivity index (χ1) is 7.19. The maximum atomic E-state index is 6.12. The third-order valence-corrected chi connectivity index (χ3v) is 2.86. The third-order valence-electron chi connectivity index (χ3n) is 2.86. The Bertz CT molecular complexity index is 157. The van der Waals surface area contributed by atoms with Crippen LogP contribution in [0.15, 0.2) is 0 Å². The van der Waals surface area contributed by atoms with Crippen LogP contribution in [0.2, 0.25) is 0 Å². The lowest BCUT2D eigenvalue weighted by Gasteiger charge is -2.40. The van der Waals surface area contributed by atoms with Crippen LogP contribution >= 0.6 is 0 Å². The topological polar surface area (TPSA) is 9.23 Å². The average molecular weight is 228 g/mol. The highest BCUT2D eigenvalue weighted by Gasteiger charge is 2.35. The molecule has 16 heavy (non-hydrogen) atoms. The van der Waals surface area contributed by atoms with Gasteiger partial charge in [0, 0.05) is 6.61 Å². The maximum Gasteiger partial charge on any atom is 0.0671 e. The van der Waals surface area contributed by atoms with Crippen LogP contribution in [0.1, 0.15) is 74.1 Å². The number of hydrogen-bond acceptors (Lipinski definition) is 1. The second-order valence-electron chi connectivity index (χ2n) is 7.04. The second-order valence-corrected chi connectivity index (χ2v) is 7.04. The summed E-state index contributed by atoms with van der Waals surface area (Å²) in [4.78, 5) is 0. The minimum atomic E-state index is 0.225. The highest BCUT2D eigenvalue weighted by molar-refractivity contribution is 4.84. The van der Waals surface area contributed by atoms with E-state index in [1.807, 2.05) is 0 Å². The fourth-order valence-corrected chi connectivity index (χ4v) is 2.53. The maximum absolute atomic E-state index is 6.12. The minimum absolute atomic E-state index is 0.225. The normalized spacial score (nSPS) is 13.5. The lowest BCUT2D eigenvalue weighted by molar-refractivity contribution is -0.0827. The zero-order chi connectivity index (χ0) is 12.8. The monoisotopic (exact) mass is 228 g/mol. The van der Waals surface area contributed by atoms with E-state index in [4.69, 9.17) is 4.74 Å². The molecule has 0 rings (SSSR count). The van der Waals surface area contributed by atoms with E-state index in [1.54, 1.807) is 0 Å². The van der Waals surface area contributed by atoms with Gasteiger partial charge >= 0.3 is 0 Å². The predicted octanol–water partition coefficient (Wildman–Crippen LogP) is 5.04. The van der Waals surface area contributed by atoms with E-state index >= 15 is 0 Å². The van der Waals surface area contributed by atoms with Gasteiger partial charge in [0.1, 0.15) is 0 Å². The summed E-state index contributed by atoms with van der Waals surface area (Å²) in [6.45, 7) is 16.8. The molecule has 0 saturated heterocycles. The van der Waals surface area contributed by atoms with E-state index in [0.29, 0.717) is 6.10 Å². The van der Waals surface area contributed by atoms with Crippen molar-refractivity contribution in [1.29, 1.82) is 0 Å². The zero-order valence-corrected chi connectivity index (χ0v) is 12.5. The summed E-state index contributed by atoms with van der Waals surface area (Å²) >= 11 is 0. The number of ether oxygens (including phenoxy) is 1. The van der Waals surface area contributed by atoms with Crippen molar-refractivity contribution in [2.45, 2.75) is 80.3 Å². The first kappa shape index (κ1) is 16.0. The Hall–Kier alpha value is -0.0400. The minimum Gasteiger partial charge on any atom is -0.377 e. The molecule has 98 valence electrons. The number of rotatable bonds is 6. The van der Waals surface area contributed by atoms with E-state index in [2.05, 4.69) is 48.5 Å². The van der Waals surface area contributed by atoms with Crippen molar-refractivity contribution in [1.82, 2.24) is 0 Å². The van der Waals surface area contributed by atoms with E-state index in [1.165, 1.54) is 25.7 Å². The fraction of sp³-hybridized carbons (Fsp3) is 1.00. The lowest BCUT2D eigenvalue weighted by atomic mass is 9.74. The third kappa shape index (κ3) is 6.52. The van der Waals surface area contributed by atoms with Gasteiger partial charge in [-0.1, -0.05) is 67.7 Å². The van der Waals surface area contributed by atoms with Gasteiger partial charge in [0.2, 0.25) is 0 Å². The van der Waals surface area contributed by atoms with Gasteiger partial charge in [-0.2, -0.15) is 0 Å². The quantitative estimate of drug-likeness (QED) is 0.578. The molecule has 0 heterocycles. The van der Waals surface area contributed by atoms with Crippen LogP contribution in [0.4, 0.5) is 0 Å². The molecule has 0 amide bonds. The molecule has 0 N–H and O–H groups in total. The molecule has 0 aromatic heterocycles. The summed E-state index contributed by atoms with van der Waals surface area (Å²) in [5.74, 6) is 0. The van der Waals surface area contributed by atoms with Gasteiger partial charge in [0.05, 0.1) is 6.10 Å². The van der Waals surface area contributed by atoms with E-state index in [-0.39, 0.29) is 10.8 Å². The second kappa shape index (κ2) is 6.64. The highest BCUT2D eigenvalue weighted by atomic mass is 16.5. The van der Waals surface area contributed by atoms with Crippen LogP contribution in [-0.2, 0) is 4.74 Å². The van der Waals surface area contributed by atoms with Crippen molar-refractivity contribution in [2.75, 3.05) is 6.61 Å². The molecule has 1 heteroatoms. The molecule has 1 nitrogen and oxygen atoms in total. The molecule has 0 spiro atoms. The van der Waals surface area contributed by atoms with Crippen molar-refractivity contribution in [3.05, 3.63) is 0 Å². The van der Waals surface area contributed by atoms with Crippen LogP contribution in [0.5, 0.6) is 0 Å². The Labute approximate surface area is 103 Å². The molecule has 0 aromatic rings. The van der Waals surface area contributed by atoms with Crippen molar-refractivity contribution < 1.29 is 4.74 Å². The van der Waals surface area contributed by atoms with Crippen LogP contribution in [0.3, 0.4) is 0 Å². The Kier molecular flexibility index (Phi) is 6.62. The molecule has 0 unspecified atom stereocenters. The highest BCUT2D eigenvalue weighted by Crippen LogP contribution is 2.36. The van der Waals surface area contributed by atoms with Gasteiger partial charge in [-0.05, 0) is 17.3 Å². The Morgan fingerprint density at radius 1 is 0.812 bits per heavy atom. The van der Waals surface area contributed by atoms with E-state index in [0.717, 1.165) is 6.61 Å². The largest absolute Gasteiger partial charge is 0.377 e. The molecule has 0 bridgehead atoms. The van der Waals surface area contributed by atoms with E-state index in [9.17, 15) is 0 Å². The standard InChI is InChI=1S/C15H32O/c1-8-9-10-11-12-16-13(14(2,3)4)15(5,6)7/h13H,8-12H2,1-7H3. The van der Waals surface area contributed by atoms with Crippen LogP contribution in [0.25, 0.3) is 0 Å². The van der Waals surface area contributed by atoms with Crippen molar-refractivity contribution >= 4 is 0 Å². The first-order valence-electron chi connectivity index (χ1n) is 6.81. The molecule has 0 aromatic carbocycles. The number of hydrogen-bond donors (Lipinski definition) is 0. The fourth-order valence-electron chi connectivity index (χ4n) is 2.53. The van der Waals surface area contributed by atoms with Crippen molar-refractivity contribution in [2.24, 2.45) is 10.8 Å². The van der Waals surface area contributed by atoms with Gasteiger partial charge in [-0.25, -0.2) is 0 Å². The first-order valence-corrected chi connectivity index (χ1v) is 6.81. The Morgan fingerprint density at radius 3 is 1.69 bits per heavy atom. The predicted molar refractivity (Wildman–Crippen MR) is 72.8 cm³/mol. The molecule has 0 radical (unpaired) electrons. The Balaban J connectivity index is 4.06. The summed E-state index contributed by atoms with van der Waals surface area (Å²) in [7, 11) is 0. The molecule has 0 saturated carbocycles. The van der Waals surface area contributed by atoms with Crippen LogP contribution in [-0.4, -0.2) is 12.7 Å². The molecule has 0 fully saturated rings. The SMILES string of the molecule is CCCCCCOC(C(C)(C)C)C(C)(C)C. The molecule has 0 aliphatic carbocycles. The molecular weight excluding hydrogens is 196 g/mol. The molecule has 0 aliphatic heterocycles. The van der Waals surface area contributed by atoms with E-state index < -0.39 is 0 Å². The smallest absolute Gasteiger partial charge is 0.0671 e. The van der Waals surface area contributed by atoms with Crippen molar-refractivity contribution in [3.63, 3.8) is 0 Å². The summed E-state index contributed by atoms with van der Waals surface area (Å²) in [6, 6.07) is 0. The summed E-state index contributed by atoms with van der Waals surface area (Å²) in [5, 5.41) is 0. The summed E-state index contributed by atoms with van der Waals surface area (Å²) < 4.78 is 6.12. The van der Waals surface area contributed by atoms with Crippen LogP contribution in [0, 0.1) is 10.8 Å². The Morgan fingerprint density at radius 2 is 1.31 bits per heavy atom. The molecule has 0 atom stereocenters. The molecular formula is C15H32O. The van der Waals surface area contributed by atoms with Gasteiger partial charge in [0.15, 0.2) is 0 Å². The van der Waals surface area contributed by atoms with Gasteiger partial charge in [-0.3, -0.25) is 0 Å². The number of unbranched alkanes of at least 4 members (excludes halogenated alkanes) is 3. The van der Waals surface area contributed by atoms with Gasteiger partial charge < -0.3 is 4.74 Å². The van der Waals surface area contributed by atoms with Crippen molar-refractivity contribution in [3.8, 4) is 0 Å². The molecule has 0 aliphatic rings.